The molecule has 0 radical (unpaired) electrons. The van der Waals surface area contributed by atoms with E-state index in [1.165, 1.54) is 4.90 Å². The average Bonchev–Trinajstić information content (AvgIpc) is 2.21. The van der Waals surface area contributed by atoms with Crippen molar-refractivity contribution in [2.45, 2.75) is 24.8 Å². The molecule has 0 spiro atoms. The number of nitrogens with zero attached hydrogens (tertiary/aromatic N) is 1. The fourth-order valence-corrected chi connectivity index (χ4v) is 1.90. The molecule has 14 heavy (non-hydrogen) atoms. The van der Waals surface area contributed by atoms with Gasteiger partial charge in [-0.15, -0.1) is 11.8 Å². The van der Waals surface area contributed by atoms with Gasteiger partial charge in [0, 0.05) is 10.6 Å². The van der Waals surface area contributed by atoms with E-state index >= 15 is 0 Å². The van der Waals surface area contributed by atoms with E-state index in [1.54, 1.807) is 11.8 Å². The van der Waals surface area contributed by atoms with Crippen molar-refractivity contribution in [3.05, 3.63) is 24.3 Å². The first-order valence-electron chi connectivity index (χ1n) is 4.66. The van der Waals surface area contributed by atoms with E-state index < -0.39 is 0 Å². The van der Waals surface area contributed by atoms with E-state index in [9.17, 15) is 0 Å². The second-order valence-electron chi connectivity index (χ2n) is 2.92. The monoisotopic (exact) mass is 206 g/mol. The standard InChI is InChI=1S/C11H14N2S/c1-3-14-11-7-5-4-6-10(11)13-9(2)8-12/h4-7,9,13H,3H2,1-2H3. The number of nitriles is 1. The summed E-state index contributed by atoms with van der Waals surface area (Å²) in [5.74, 6) is 1.04. The summed E-state index contributed by atoms with van der Waals surface area (Å²) in [6.45, 7) is 3.97. The highest BCUT2D eigenvalue weighted by Crippen LogP contribution is 2.26. The van der Waals surface area contributed by atoms with Gasteiger partial charge in [-0.2, -0.15) is 5.26 Å². The van der Waals surface area contributed by atoms with Gasteiger partial charge in [0.05, 0.1) is 6.07 Å². The van der Waals surface area contributed by atoms with Gasteiger partial charge < -0.3 is 5.32 Å². The number of rotatable bonds is 4. The lowest BCUT2D eigenvalue weighted by Gasteiger charge is -2.11. The van der Waals surface area contributed by atoms with Crippen LogP contribution in [-0.4, -0.2) is 11.8 Å². The third-order valence-corrected chi connectivity index (χ3v) is 2.71. The molecule has 1 atom stereocenters. The second-order valence-corrected chi connectivity index (χ2v) is 4.23. The largest absolute Gasteiger partial charge is 0.369 e. The van der Waals surface area contributed by atoms with Crippen LogP contribution in [0.15, 0.2) is 29.2 Å². The summed E-state index contributed by atoms with van der Waals surface area (Å²) < 4.78 is 0. The Morgan fingerprint density at radius 3 is 2.86 bits per heavy atom. The van der Waals surface area contributed by atoms with Gasteiger partial charge in [0.25, 0.3) is 0 Å². The normalized spacial score (nSPS) is 11.8. The predicted molar refractivity (Wildman–Crippen MR) is 61.5 cm³/mol. The van der Waals surface area contributed by atoms with Crippen LogP contribution in [-0.2, 0) is 0 Å². The van der Waals surface area contributed by atoms with Gasteiger partial charge in [0.1, 0.15) is 6.04 Å². The molecule has 1 unspecified atom stereocenters. The van der Waals surface area contributed by atoms with Crippen LogP contribution in [0.3, 0.4) is 0 Å². The summed E-state index contributed by atoms with van der Waals surface area (Å²) in [6.07, 6.45) is 0. The average molecular weight is 206 g/mol. The first-order valence-corrected chi connectivity index (χ1v) is 5.64. The maximum Gasteiger partial charge on any atom is 0.111 e. The maximum absolute atomic E-state index is 8.70. The molecule has 0 aliphatic heterocycles. The summed E-state index contributed by atoms with van der Waals surface area (Å²) in [5, 5.41) is 11.9. The molecule has 74 valence electrons. The SMILES string of the molecule is CCSc1ccccc1NC(C)C#N. The lowest BCUT2D eigenvalue weighted by atomic mass is 10.3. The van der Waals surface area contributed by atoms with Crippen molar-refractivity contribution in [2.75, 3.05) is 11.1 Å². The fraction of sp³-hybridized carbons (Fsp3) is 0.364. The van der Waals surface area contributed by atoms with Gasteiger partial charge in [0.15, 0.2) is 0 Å². The highest BCUT2D eigenvalue weighted by atomic mass is 32.2. The zero-order valence-electron chi connectivity index (χ0n) is 8.45. The molecule has 1 aromatic rings. The van der Waals surface area contributed by atoms with Crippen molar-refractivity contribution in [3.8, 4) is 6.07 Å². The van der Waals surface area contributed by atoms with Crippen molar-refractivity contribution in [3.63, 3.8) is 0 Å². The lowest BCUT2D eigenvalue weighted by molar-refractivity contribution is 1.00. The molecule has 0 fully saturated rings. The van der Waals surface area contributed by atoms with Crippen LogP contribution in [0, 0.1) is 11.3 Å². The molecule has 0 bridgehead atoms. The van der Waals surface area contributed by atoms with E-state index in [0.29, 0.717) is 0 Å². The van der Waals surface area contributed by atoms with Crippen molar-refractivity contribution in [2.24, 2.45) is 0 Å². The lowest BCUT2D eigenvalue weighted by Crippen LogP contribution is -2.12. The molecule has 0 amide bonds. The first kappa shape index (κ1) is 10.9. The molecule has 1 rings (SSSR count). The number of nitrogens with one attached hydrogen (secondary N) is 1. The number of anilines is 1. The molecule has 1 N–H and O–H groups in total. The van der Waals surface area contributed by atoms with Crippen LogP contribution in [0.4, 0.5) is 5.69 Å². The van der Waals surface area contributed by atoms with Crippen molar-refractivity contribution < 1.29 is 0 Å². The minimum atomic E-state index is -0.145. The zero-order chi connectivity index (χ0) is 10.4. The summed E-state index contributed by atoms with van der Waals surface area (Å²) in [6, 6.07) is 10.1. The molecule has 1 aromatic carbocycles. The molecule has 0 saturated heterocycles. The molecule has 0 aromatic heterocycles. The van der Waals surface area contributed by atoms with Crippen LogP contribution in [0.5, 0.6) is 0 Å². The Morgan fingerprint density at radius 2 is 2.21 bits per heavy atom. The molecule has 3 heteroatoms. The van der Waals surface area contributed by atoms with E-state index in [-0.39, 0.29) is 6.04 Å². The summed E-state index contributed by atoms with van der Waals surface area (Å²) in [4.78, 5) is 1.21. The Hall–Kier alpha value is -1.14. The summed E-state index contributed by atoms with van der Waals surface area (Å²) >= 11 is 1.78. The minimum absolute atomic E-state index is 0.145. The van der Waals surface area contributed by atoms with E-state index in [1.807, 2.05) is 25.1 Å². The highest BCUT2D eigenvalue weighted by molar-refractivity contribution is 7.99. The van der Waals surface area contributed by atoms with E-state index in [0.717, 1.165) is 11.4 Å². The Labute approximate surface area is 89.3 Å². The number of hydrogen-bond acceptors (Lipinski definition) is 3. The molecule has 0 aliphatic rings. The van der Waals surface area contributed by atoms with Crippen LogP contribution in [0.2, 0.25) is 0 Å². The number of benzene rings is 1. The Bertz CT molecular complexity index is 330. The van der Waals surface area contributed by atoms with Gasteiger partial charge >= 0.3 is 0 Å². The number of hydrogen-bond donors (Lipinski definition) is 1. The molecule has 0 saturated carbocycles. The molecular weight excluding hydrogens is 192 g/mol. The Morgan fingerprint density at radius 1 is 1.50 bits per heavy atom. The predicted octanol–water partition coefficient (Wildman–Crippen LogP) is 3.12. The Kier molecular flexibility index (Phi) is 4.34. The molecule has 0 aliphatic carbocycles. The van der Waals surface area contributed by atoms with E-state index in [2.05, 4.69) is 24.4 Å². The van der Waals surface area contributed by atoms with Crippen molar-refractivity contribution in [1.29, 1.82) is 5.26 Å². The Balaban J connectivity index is 2.79. The molecule has 0 heterocycles. The molecule has 2 nitrogen and oxygen atoms in total. The van der Waals surface area contributed by atoms with Gasteiger partial charge in [-0.1, -0.05) is 19.1 Å². The van der Waals surface area contributed by atoms with Gasteiger partial charge in [-0.25, -0.2) is 0 Å². The summed E-state index contributed by atoms with van der Waals surface area (Å²) in [5.41, 5.74) is 1.05. The van der Waals surface area contributed by atoms with Crippen LogP contribution < -0.4 is 5.32 Å². The van der Waals surface area contributed by atoms with Gasteiger partial charge in [-0.3, -0.25) is 0 Å². The topological polar surface area (TPSA) is 35.8 Å². The second kappa shape index (κ2) is 5.56. The fourth-order valence-electron chi connectivity index (χ4n) is 1.13. The highest BCUT2D eigenvalue weighted by Gasteiger charge is 2.03. The quantitative estimate of drug-likeness (QED) is 0.769. The third-order valence-electron chi connectivity index (χ3n) is 1.75. The molecular formula is C11H14N2S. The minimum Gasteiger partial charge on any atom is -0.369 e. The smallest absolute Gasteiger partial charge is 0.111 e. The number of para-hydroxylation sites is 1. The van der Waals surface area contributed by atoms with Crippen molar-refractivity contribution in [1.82, 2.24) is 0 Å². The first-order chi connectivity index (χ1) is 6.77. The number of thioether (sulfide) groups is 1. The van der Waals surface area contributed by atoms with E-state index in [4.69, 9.17) is 5.26 Å². The summed E-state index contributed by atoms with van der Waals surface area (Å²) in [7, 11) is 0. The van der Waals surface area contributed by atoms with Gasteiger partial charge in [-0.05, 0) is 24.8 Å². The van der Waals surface area contributed by atoms with Crippen molar-refractivity contribution >= 4 is 17.4 Å². The third kappa shape index (κ3) is 2.97. The zero-order valence-corrected chi connectivity index (χ0v) is 9.27. The van der Waals surface area contributed by atoms with Crippen LogP contribution in [0.25, 0.3) is 0 Å². The maximum atomic E-state index is 8.70. The van der Waals surface area contributed by atoms with Gasteiger partial charge in [0.2, 0.25) is 0 Å². The van der Waals surface area contributed by atoms with Crippen LogP contribution in [0.1, 0.15) is 13.8 Å². The van der Waals surface area contributed by atoms with Crippen LogP contribution >= 0.6 is 11.8 Å².